The van der Waals surface area contributed by atoms with Crippen molar-refractivity contribution in [2.75, 3.05) is 29.9 Å². The maximum Gasteiger partial charge on any atom is 0.243 e. The van der Waals surface area contributed by atoms with Crippen LogP contribution in [0.2, 0.25) is 0 Å². The summed E-state index contributed by atoms with van der Waals surface area (Å²) in [5.41, 5.74) is 0. The highest BCUT2D eigenvalue weighted by atomic mass is 32.2. The molecule has 0 spiro atoms. The SMILES string of the molecule is CCCNc1ncc(S(=O)(=O)NCC2CCSCC2)cn1. The van der Waals surface area contributed by atoms with Gasteiger partial charge in [-0.3, -0.25) is 0 Å². The number of thioether (sulfide) groups is 1. The summed E-state index contributed by atoms with van der Waals surface area (Å²) in [6, 6.07) is 0. The Morgan fingerprint density at radius 1 is 1.29 bits per heavy atom. The Hall–Kier alpha value is -0.860. The molecule has 2 rings (SSSR count). The minimum Gasteiger partial charge on any atom is -0.354 e. The van der Waals surface area contributed by atoms with E-state index in [1.54, 1.807) is 0 Å². The number of nitrogens with zero attached hydrogens (tertiary/aromatic N) is 2. The van der Waals surface area contributed by atoms with Gasteiger partial charge in [0.15, 0.2) is 0 Å². The number of nitrogens with one attached hydrogen (secondary N) is 2. The van der Waals surface area contributed by atoms with Crippen molar-refractivity contribution in [2.45, 2.75) is 31.1 Å². The van der Waals surface area contributed by atoms with E-state index in [0.717, 1.165) is 37.3 Å². The summed E-state index contributed by atoms with van der Waals surface area (Å²) in [6.07, 6.45) is 5.81. The maximum atomic E-state index is 12.2. The second-order valence-electron chi connectivity index (χ2n) is 5.08. The first-order valence-electron chi connectivity index (χ1n) is 7.25. The summed E-state index contributed by atoms with van der Waals surface area (Å²) >= 11 is 1.93. The van der Waals surface area contributed by atoms with Gasteiger partial charge in [-0.25, -0.2) is 23.1 Å². The quantitative estimate of drug-likeness (QED) is 0.792. The highest BCUT2D eigenvalue weighted by molar-refractivity contribution is 7.99. The third-order valence-electron chi connectivity index (χ3n) is 3.37. The largest absolute Gasteiger partial charge is 0.354 e. The molecule has 0 amide bonds. The van der Waals surface area contributed by atoms with Gasteiger partial charge in [0.05, 0.1) is 12.4 Å². The number of rotatable bonds is 7. The Kier molecular flexibility index (Phi) is 6.25. The van der Waals surface area contributed by atoms with Crippen molar-refractivity contribution in [1.82, 2.24) is 14.7 Å². The van der Waals surface area contributed by atoms with Gasteiger partial charge in [0.1, 0.15) is 4.90 Å². The Labute approximate surface area is 130 Å². The minimum atomic E-state index is -3.51. The molecule has 0 saturated carbocycles. The molecule has 0 atom stereocenters. The average molecular weight is 330 g/mol. The molecule has 8 heteroatoms. The smallest absolute Gasteiger partial charge is 0.243 e. The molecule has 1 fully saturated rings. The lowest BCUT2D eigenvalue weighted by atomic mass is 10.0. The average Bonchev–Trinajstić information content (AvgIpc) is 2.52. The van der Waals surface area contributed by atoms with Gasteiger partial charge in [-0.15, -0.1) is 0 Å². The predicted molar refractivity (Wildman–Crippen MR) is 86.1 cm³/mol. The molecule has 1 aliphatic heterocycles. The topological polar surface area (TPSA) is 84.0 Å². The Balaban J connectivity index is 1.91. The van der Waals surface area contributed by atoms with Crippen molar-refractivity contribution in [2.24, 2.45) is 5.92 Å². The first-order valence-corrected chi connectivity index (χ1v) is 9.89. The Bertz CT molecular complexity index is 528. The molecule has 1 aromatic rings. The fourth-order valence-electron chi connectivity index (χ4n) is 2.04. The zero-order chi connectivity index (χ0) is 15.1. The van der Waals surface area contributed by atoms with E-state index in [4.69, 9.17) is 0 Å². The second-order valence-corrected chi connectivity index (χ2v) is 8.07. The predicted octanol–water partition coefficient (Wildman–Crippen LogP) is 1.72. The molecule has 1 saturated heterocycles. The molecule has 2 heterocycles. The number of aromatic nitrogens is 2. The van der Waals surface area contributed by atoms with E-state index in [1.165, 1.54) is 12.4 Å². The first-order chi connectivity index (χ1) is 10.1. The second kappa shape index (κ2) is 7.95. The van der Waals surface area contributed by atoms with Crippen LogP contribution in [0.3, 0.4) is 0 Å². The lowest BCUT2D eigenvalue weighted by molar-refractivity contribution is 0.476. The molecule has 21 heavy (non-hydrogen) atoms. The lowest BCUT2D eigenvalue weighted by Crippen LogP contribution is -2.31. The van der Waals surface area contributed by atoms with Gasteiger partial charge >= 0.3 is 0 Å². The van der Waals surface area contributed by atoms with E-state index in [9.17, 15) is 8.42 Å². The summed E-state index contributed by atoms with van der Waals surface area (Å²) in [6.45, 7) is 3.31. The summed E-state index contributed by atoms with van der Waals surface area (Å²) in [4.78, 5) is 8.19. The van der Waals surface area contributed by atoms with E-state index in [2.05, 4.69) is 20.0 Å². The van der Waals surface area contributed by atoms with Crippen molar-refractivity contribution in [1.29, 1.82) is 0 Å². The fourth-order valence-corrected chi connectivity index (χ4v) is 4.25. The molecule has 0 aromatic carbocycles. The van der Waals surface area contributed by atoms with Crippen LogP contribution in [-0.4, -0.2) is 43.0 Å². The molecule has 2 N–H and O–H groups in total. The number of sulfonamides is 1. The Morgan fingerprint density at radius 2 is 1.95 bits per heavy atom. The van der Waals surface area contributed by atoms with Gasteiger partial charge in [-0.05, 0) is 36.7 Å². The monoisotopic (exact) mass is 330 g/mol. The van der Waals surface area contributed by atoms with Gasteiger partial charge in [0, 0.05) is 13.1 Å². The summed E-state index contributed by atoms with van der Waals surface area (Å²) in [7, 11) is -3.51. The van der Waals surface area contributed by atoms with Crippen molar-refractivity contribution >= 4 is 27.7 Å². The molecule has 1 aliphatic rings. The van der Waals surface area contributed by atoms with E-state index in [0.29, 0.717) is 18.4 Å². The van der Waals surface area contributed by atoms with Gasteiger partial charge in [0.25, 0.3) is 0 Å². The van der Waals surface area contributed by atoms with E-state index in [-0.39, 0.29) is 4.90 Å². The molecule has 0 bridgehead atoms. The van der Waals surface area contributed by atoms with Crippen LogP contribution in [-0.2, 0) is 10.0 Å². The first kappa shape index (κ1) is 16.5. The zero-order valence-electron chi connectivity index (χ0n) is 12.2. The van der Waals surface area contributed by atoms with Crippen LogP contribution >= 0.6 is 11.8 Å². The van der Waals surface area contributed by atoms with Crippen molar-refractivity contribution in [3.05, 3.63) is 12.4 Å². The summed E-state index contributed by atoms with van der Waals surface area (Å²) < 4.78 is 27.0. The molecule has 0 aliphatic carbocycles. The zero-order valence-corrected chi connectivity index (χ0v) is 13.8. The molecular formula is C13H22N4O2S2. The van der Waals surface area contributed by atoms with Gasteiger partial charge in [-0.1, -0.05) is 6.92 Å². The molecule has 0 radical (unpaired) electrons. The van der Waals surface area contributed by atoms with Crippen molar-refractivity contribution in [3.8, 4) is 0 Å². The van der Waals surface area contributed by atoms with Crippen LogP contribution in [0, 0.1) is 5.92 Å². The molecule has 1 aromatic heterocycles. The van der Waals surface area contributed by atoms with Gasteiger partial charge in [-0.2, -0.15) is 11.8 Å². The minimum absolute atomic E-state index is 0.120. The van der Waals surface area contributed by atoms with Crippen molar-refractivity contribution in [3.63, 3.8) is 0 Å². The van der Waals surface area contributed by atoms with Crippen molar-refractivity contribution < 1.29 is 8.42 Å². The number of hydrogen-bond acceptors (Lipinski definition) is 6. The molecular weight excluding hydrogens is 308 g/mol. The van der Waals surface area contributed by atoms with E-state index >= 15 is 0 Å². The molecule has 0 unspecified atom stereocenters. The van der Waals surface area contributed by atoms with E-state index in [1.807, 2.05) is 18.7 Å². The maximum absolute atomic E-state index is 12.2. The summed E-state index contributed by atoms with van der Waals surface area (Å²) in [5, 5.41) is 3.02. The van der Waals surface area contributed by atoms with Gasteiger partial charge < -0.3 is 5.32 Å². The van der Waals surface area contributed by atoms with Crippen LogP contribution in [0.4, 0.5) is 5.95 Å². The highest BCUT2D eigenvalue weighted by Gasteiger charge is 2.19. The summed E-state index contributed by atoms with van der Waals surface area (Å²) in [5.74, 6) is 3.13. The standard InChI is InChI=1S/C13H22N4O2S2/c1-2-5-14-13-15-9-12(10-16-13)21(18,19)17-8-11-3-6-20-7-4-11/h9-11,17H,2-8H2,1H3,(H,14,15,16). The van der Waals surface area contributed by atoms with Crippen LogP contribution in [0.15, 0.2) is 17.3 Å². The Morgan fingerprint density at radius 3 is 2.57 bits per heavy atom. The van der Waals surface area contributed by atoms with Crippen LogP contribution < -0.4 is 10.0 Å². The van der Waals surface area contributed by atoms with E-state index < -0.39 is 10.0 Å². The third-order valence-corrected chi connectivity index (χ3v) is 5.80. The number of hydrogen-bond donors (Lipinski definition) is 2. The fraction of sp³-hybridized carbons (Fsp3) is 0.692. The van der Waals surface area contributed by atoms with Crippen LogP contribution in [0.5, 0.6) is 0 Å². The normalized spacial score (nSPS) is 16.8. The van der Waals surface area contributed by atoms with Crippen LogP contribution in [0.25, 0.3) is 0 Å². The highest BCUT2D eigenvalue weighted by Crippen LogP contribution is 2.22. The molecule has 6 nitrogen and oxygen atoms in total. The van der Waals surface area contributed by atoms with Gasteiger partial charge in [0.2, 0.25) is 16.0 Å². The third kappa shape index (κ3) is 5.12. The van der Waals surface area contributed by atoms with Crippen LogP contribution in [0.1, 0.15) is 26.2 Å². The lowest BCUT2D eigenvalue weighted by Gasteiger charge is -2.21. The molecule has 118 valence electrons. The number of anilines is 1.